The van der Waals surface area contributed by atoms with Gasteiger partial charge in [0.25, 0.3) is 0 Å². The van der Waals surface area contributed by atoms with Gasteiger partial charge in [-0.05, 0) is 13.0 Å². The zero-order valence-electron chi connectivity index (χ0n) is 15.2. The fourth-order valence-electron chi connectivity index (χ4n) is 2.66. The Morgan fingerprint density at radius 1 is 1.19 bits per heavy atom. The maximum atomic E-state index is 5.10. The highest BCUT2D eigenvalue weighted by Gasteiger charge is 2.05. The third kappa shape index (κ3) is 4.93. The molecular weight excluding hydrogens is 328 g/mol. The van der Waals surface area contributed by atoms with E-state index in [1.165, 1.54) is 5.56 Å². The molecule has 0 saturated heterocycles. The molecule has 2 aromatic heterocycles. The Hall–Kier alpha value is -2.64. The molecule has 3 rings (SSSR count). The average Bonchev–Trinajstić information content (AvgIpc) is 3.11. The molecule has 0 unspecified atom stereocenters. The number of aryl methyl sites for hydroxylation is 1. The molecule has 0 spiro atoms. The number of benzene rings is 1. The van der Waals surface area contributed by atoms with Crippen molar-refractivity contribution in [3.63, 3.8) is 0 Å². The first-order valence-corrected chi connectivity index (χ1v) is 8.70. The van der Waals surface area contributed by atoms with Crippen LogP contribution in [0.15, 0.2) is 43.0 Å². The predicted octanol–water partition coefficient (Wildman–Crippen LogP) is 2.02. The zero-order chi connectivity index (χ0) is 18.2. The Morgan fingerprint density at radius 3 is 2.81 bits per heavy atom. The second kappa shape index (κ2) is 9.17. The summed E-state index contributed by atoms with van der Waals surface area (Å²) in [4.78, 5) is 8.95. The third-order valence-corrected chi connectivity index (χ3v) is 4.07. The third-order valence-electron chi connectivity index (χ3n) is 4.07. The molecule has 1 aromatic carbocycles. The molecule has 7 nitrogen and oxygen atoms in total. The molecule has 0 aliphatic rings. The van der Waals surface area contributed by atoms with E-state index in [1.807, 2.05) is 29.1 Å². The molecule has 0 atom stereocenters. The highest BCUT2D eigenvalue weighted by molar-refractivity contribution is 5.55. The number of ether oxygens (including phenoxy) is 1. The monoisotopic (exact) mass is 352 g/mol. The van der Waals surface area contributed by atoms with Crippen LogP contribution in [0, 0.1) is 6.92 Å². The van der Waals surface area contributed by atoms with Gasteiger partial charge < -0.3 is 14.6 Å². The van der Waals surface area contributed by atoms with Crippen LogP contribution >= 0.6 is 0 Å². The van der Waals surface area contributed by atoms with Gasteiger partial charge in [-0.15, -0.1) is 10.2 Å². The number of hydrogen-bond acceptors (Lipinski definition) is 6. The highest BCUT2D eigenvalue weighted by Crippen LogP contribution is 2.15. The molecule has 0 saturated carbocycles. The Labute approximate surface area is 153 Å². The summed E-state index contributed by atoms with van der Waals surface area (Å²) in [5, 5.41) is 11.5. The van der Waals surface area contributed by atoms with E-state index in [4.69, 9.17) is 4.74 Å². The van der Waals surface area contributed by atoms with Crippen LogP contribution in [0.5, 0.6) is 0 Å². The molecule has 136 valence electrons. The van der Waals surface area contributed by atoms with E-state index in [1.54, 1.807) is 13.4 Å². The van der Waals surface area contributed by atoms with Crippen LogP contribution in [0.25, 0.3) is 11.4 Å². The highest BCUT2D eigenvalue weighted by atomic mass is 16.5. The van der Waals surface area contributed by atoms with E-state index in [0.717, 1.165) is 48.8 Å². The largest absolute Gasteiger partial charge is 0.383 e. The van der Waals surface area contributed by atoms with E-state index in [9.17, 15) is 0 Å². The Bertz CT molecular complexity index is 815. The van der Waals surface area contributed by atoms with Crippen molar-refractivity contribution in [3.05, 3.63) is 59.9 Å². The van der Waals surface area contributed by atoms with E-state index in [0.29, 0.717) is 6.61 Å². The number of rotatable bonds is 9. The maximum Gasteiger partial charge on any atom is 0.159 e. The average molecular weight is 352 g/mol. The molecule has 0 aliphatic carbocycles. The van der Waals surface area contributed by atoms with Crippen molar-refractivity contribution in [2.24, 2.45) is 0 Å². The van der Waals surface area contributed by atoms with E-state index in [2.05, 4.69) is 44.5 Å². The van der Waals surface area contributed by atoms with Gasteiger partial charge in [0.1, 0.15) is 12.2 Å². The number of nitrogens with zero attached hydrogens (tertiary/aromatic N) is 5. The standard InChI is InChI=1S/C19H24N6O/c1-15-4-3-5-17(10-15)19-21-12-16(13-22-19)11-20-7-6-18-24-23-14-25(18)8-9-26-2/h3-5,10,12-14,20H,6-9,11H2,1-2H3. The van der Waals surface area contributed by atoms with Crippen LogP contribution in [0.2, 0.25) is 0 Å². The smallest absolute Gasteiger partial charge is 0.159 e. The van der Waals surface area contributed by atoms with E-state index < -0.39 is 0 Å². The summed E-state index contributed by atoms with van der Waals surface area (Å²) in [6.45, 7) is 5.03. The van der Waals surface area contributed by atoms with E-state index in [-0.39, 0.29) is 0 Å². The van der Waals surface area contributed by atoms with Gasteiger partial charge in [-0.3, -0.25) is 0 Å². The molecule has 0 bridgehead atoms. The molecule has 0 aliphatic heterocycles. The minimum atomic E-state index is 0.656. The molecule has 0 fully saturated rings. The van der Waals surface area contributed by atoms with Crippen molar-refractivity contribution in [2.75, 3.05) is 20.3 Å². The molecular formula is C19H24N6O. The Morgan fingerprint density at radius 2 is 2.04 bits per heavy atom. The minimum absolute atomic E-state index is 0.656. The van der Waals surface area contributed by atoms with Crippen LogP contribution in [0.3, 0.4) is 0 Å². The molecule has 26 heavy (non-hydrogen) atoms. The summed E-state index contributed by atoms with van der Waals surface area (Å²) < 4.78 is 7.11. The summed E-state index contributed by atoms with van der Waals surface area (Å²) >= 11 is 0. The first-order valence-electron chi connectivity index (χ1n) is 8.70. The lowest BCUT2D eigenvalue weighted by atomic mass is 10.1. The predicted molar refractivity (Wildman–Crippen MR) is 99.5 cm³/mol. The van der Waals surface area contributed by atoms with Crippen LogP contribution in [-0.2, 0) is 24.2 Å². The van der Waals surface area contributed by atoms with Crippen LogP contribution in [0.1, 0.15) is 17.0 Å². The lowest BCUT2D eigenvalue weighted by molar-refractivity contribution is 0.186. The van der Waals surface area contributed by atoms with Crippen molar-refractivity contribution in [1.82, 2.24) is 30.0 Å². The van der Waals surface area contributed by atoms with Gasteiger partial charge in [0.2, 0.25) is 0 Å². The Balaban J connectivity index is 1.47. The van der Waals surface area contributed by atoms with E-state index >= 15 is 0 Å². The van der Waals surface area contributed by atoms with Crippen molar-refractivity contribution in [1.29, 1.82) is 0 Å². The number of methoxy groups -OCH3 is 1. The van der Waals surface area contributed by atoms with Crippen LogP contribution < -0.4 is 5.32 Å². The lowest BCUT2D eigenvalue weighted by Crippen LogP contribution is -2.19. The summed E-state index contributed by atoms with van der Waals surface area (Å²) in [7, 11) is 1.69. The fourth-order valence-corrected chi connectivity index (χ4v) is 2.66. The van der Waals surface area contributed by atoms with Crippen LogP contribution in [0.4, 0.5) is 0 Å². The summed E-state index contributed by atoms with van der Waals surface area (Å²) in [6, 6.07) is 8.21. The van der Waals surface area contributed by atoms with Gasteiger partial charge in [-0.25, -0.2) is 9.97 Å². The molecule has 0 amide bonds. The summed E-state index contributed by atoms with van der Waals surface area (Å²) in [6.07, 6.45) is 6.30. The quantitative estimate of drug-likeness (QED) is 0.594. The van der Waals surface area contributed by atoms with Crippen molar-refractivity contribution < 1.29 is 4.74 Å². The van der Waals surface area contributed by atoms with Gasteiger partial charge in [-0.2, -0.15) is 0 Å². The molecule has 2 heterocycles. The summed E-state index contributed by atoms with van der Waals surface area (Å²) in [5.74, 6) is 1.71. The van der Waals surface area contributed by atoms with Gasteiger partial charge in [0, 0.05) is 56.7 Å². The molecule has 0 radical (unpaired) electrons. The summed E-state index contributed by atoms with van der Waals surface area (Å²) in [5.41, 5.74) is 3.30. The lowest BCUT2D eigenvalue weighted by Gasteiger charge is -2.07. The van der Waals surface area contributed by atoms with Crippen molar-refractivity contribution in [3.8, 4) is 11.4 Å². The Kier molecular flexibility index (Phi) is 6.40. The second-order valence-electron chi connectivity index (χ2n) is 6.14. The van der Waals surface area contributed by atoms with Gasteiger partial charge in [0.15, 0.2) is 5.82 Å². The zero-order valence-corrected chi connectivity index (χ0v) is 15.2. The van der Waals surface area contributed by atoms with Crippen molar-refractivity contribution >= 4 is 0 Å². The number of nitrogens with one attached hydrogen (secondary N) is 1. The molecule has 7 heteroatoms. The SMILES string of the molecule is COCCn1cnnc1CCNCc1cnc(-c2cccc(C)c2)nc1. The number of hydrogen-bond donors (Lipinski definition) is 1. The first kappa shape index (κ1) is 18.2. The minimum Gasteiger partial charge on any atom is -0.383 e. The molecule has 3 aromatic rings. The maximum absolute atomic E-state index is 5.10. The van der Waals surface area contributed by atoms with Gasteiger partial charge in [-0.1, -0.05) is 23.8 Å². The van der Waals surface area contributed by atoms with Gasteiger partial charge in [0.05, 0.1) is 6.61 Å². The normalized spacial score (nSPS) is 11.0. The van der Waals surface area contributed by atoms with Crippen molar-refractivity contribution in [2.45, 2.75) is 26.4 Å². The van der Waals surface area contributed by atoms with Gasteiger partial charge >= 0.3 is 0 Å². The topological polar surface area (TPSA) is 77.8 Å². The number of aromatic nitrogens is 5. The second-order valence-corrected chi connectivity index (χ2v) is 6.14. The fraction of sp³-hybridized carbons (Fsp3) is 0.368. The van der Waals surface area contributed by atoms with Crippen LogP contribution in [-0.4, -0.2) is 45.0 Å². The first-order chi connectivity index (χ1) is 12.8. The molecule has 1 N–H and O–H groups in total.